The van der Waals surface area contributed by atoms with Gasteiger partial charge in [0.1, 0.15) is 0 Å². The molecule has 0 amide bonds. The van der Waals surface area contributed by atoms with Crippen LogP contribution in [0.15, 0.2) is 6.20 Å². The molecule has 1 unspecified atom stereocenters. The van der Waals surface area contributed by atoms with Gasteiger partial charge < -0.3 is 5.73 Å². The van der Waals surface area contributed by atoms with E-state index in [4.69, 9.17) is 5.73 Å². The molecule has 1 aromatic heterocycles. The van der Waals surface area contributed by atoms with Crippen LogP contribution in [-0.4, -0.2) is 47.1 Å². The molecule has 1 aliphatic heterocycles. The molecule has 0 aromatic carbocycles. The van der Waals surface area contributed by atoms with Gasteiger partial charge in [-0.1, -0.05) is 5.21 Å². The average Bonchev–Trinajstić information content (AvgIpc) is 2.69. The second kappa shape index (κ2) is 3.46. The molecule has 1 atom stereocenters. The van der Waals surface area contributed by atoms with Crippen LogP contribution >= 0.6 is 0 Å². The Balaban J connectivity index is 2.11. The van der Waals surface area contributed by atoms with Crippen molar-refractivity contribution in [3.63, 3.8) is 0 Å². The lowest BCUT2D eigenvalue weighted by Crippen LogP contribution is -2.28. The summed E-state index contributed by atoms with van der Waals surface area (Å²) < 4.78 is 25.6. The third-order valence-electron chi connectivity index (χ3n) is 2.50. The molecule has 2 heterocycles. The highest BCUT2D eigenvalue weighted by molar-refractivity contribution is 7.88. The second-order valence-corrected chi connectivity index (χ2v) is 5.67. The predicted octanol–water partition coefficient (Wildman–Crippen LogP) is -0.933. The molecule has 84 valence electrons. The molecule has 0 saturated carbocycles. The predicted molar refractivity (Wildman–Crippen MR) is 54.5 cm³/mol. The summed E-state index contributed by atoms with van der Waals surface area (Å²) in [4.78, 5) is 0. The lowest BCUT2D eigenvalue weighted by molar-refractivity contribution is 0.431. The Labute approximate surface area is 87.9 Å². The number of hydrogen-bond donors (Lipinski definition) is 1. The van der Waals surface area contributed by atoms with Gasteiger partial charge in [-0.3, -0.25) is 0 Å². The first kappa shape index (κ1) is 10.4. The summed E-state index contributed by atoms with van der Waals surface area (Å²) in [5.41, 5.74) is 5.44. The molecule has 7 nitrogen and oxygen atoms in total. The smallest absolute Gasteiger partial charge is 0.211 e. The Morgan fingerprint density at radius 3 is 2.80 bits per heavy atom. The summed E-state index contributed by atoms with van der Waals surface area (Å²) in [6, 6.07) is 0.0459. The molecule has 15 heavy (non-hydrogen) atoms. The number of nitrogens with two attached hydrogens (primary N) is 1. The Kier molecular flexibility index (Phi) is 2.39. The van der Waals surface area contributed by atoms with E-state index < -0.39 is 10.0 Å². The molecule has 1 saturated heterocycles. The quantitative estimate of drug-likeness (QED) is 0.709. The van der Waals surface area contributed by atoms with Gasteiger partial charge in [0.15, 0.2) is 5.82 Å². The van der Waals surface area contributed by atoms with Crippen LogP contribution in [0, 0.1) is 0 Å². The highest BCUT2D eigenvalue weighted by atomic mass is 32.2. The van der Waals surface area contributed by atoms with Gasteiger partial charge in [-0.15, -0.1) is 5.10 Å². The van der Waals surface area contributed by atoms with Gasteiger partial charge in [0.2, 0.25) is 10.0 Å². The topological polar surface area (TPSA) is 94.1 Å². The monoisotopic (exact) mass is 231 g/mol. The number of hydrogen-bond acceptors (Lipinski definition) is 5. The van der Waals surface area contributed by atoms with E-state index in [2.05, 4.69) is 10.3 Å². The van der Waals surface area contributed by atoms with Gasteiger partial charge in [0.25, 0.3) is 0 Å². The SMILES string of the molecule is CS(=O)(=O)N1CCC(n2cc(N)nn2)C1. The van der Waals surface area contributed by atoms with E-state index in [-0.39, 0.29) is 6.04 Å². The zero-order chi connectivity index (χ0) is 11.1. The van der Waals surface area contributed by atoms with Crippen molar-refractivity contribution in [2.45, 2.75) is 12.5 Å². The van der Waals surface area contributed by atoms with Crippen molar-refractivity contribution in [3.05, 3.63) is 6.20 Å². The molecule has 1 aromatic rings. The molecular weight excluding hydrogens is 218 g/mol. The number of nitrogens with zero attached hydrogens (tertiary/aromatic N) is 4. The van der Waals surface area contributed by atoms with Crippen LogP contribution in [0.25, 0.3) is 0 Å². The summed E-state index contributed by atoms with van der Waals surface area (Å²) in [6.07, 6.45) is 3.58. The van der Waals surface area contributed by atoms with E-state index in [1.807, 2.05) is 0 Å². The fraction of sp³-hybridized carbons (Fsp3) is 0.714. The maximum Gasteiger partial charge on any atom is 0.211 e. The Bertz CT molecular complexity index is 454. The molecule has 0 bridgehead atoms. The van der Waals surface area contributed by atoms with Crippen molar-refractivity contribution in [3.8, 4) is 0 Å². The number of anilines is 1. The van der Waals surface area contributed by atoms with Crippen LogP contribution < -0.4 is 5.73 Å². The van der Waals surface area contributed by atoms with Crippen molar-refractivity contribution >= 4 is 15.8 Å². The fourth-order valence-corrected chi connectivity index (χ4v) is 2.58. The van der Waals surface area contributed by atoms with Crippen LogP contribution in [0.2, 0.25) is 0 Å². The molecule has 0 spiro atoms. The van der Waals surface area contributed by atoms with E-state index in [1.54, 1.807) is 10.9 Å². The van der Waals surface area contributed by atoms with Crippen LogP contribution in [0.4, 0.5) is 5.82 Å². The van der Waals surface area contributed by atoms with Gasteiger partial charge in [-0.05, 0) is 6.42 Å². The molecule has 1 fully saturated rings. The van der Waals surface area contributed by atoms with Crippen LogP contribution in [0.3, 0.4) is 0 Å². The van der Waals surface area contributed by atoms with Gasteiger partial charge in [-0.2, -0.15) is 4.31 Å². The summed E-state index contributed by atoms with van der Waals surface area (Å²) >= 11 is 0. The summed E-state index contributed by atoms with van der Waals surface area (Å²) in [5, 5.41) is 7.51. The Morgan fingerprint density at radius 1 is 1.60 bits per heavy atom. The van der Waals surface area contributed by atoms with Crippen LogP contribution in [0.5, 0.6) is 0 Å². The normalized spacial score (nSPS) is 23.4. The highest BCUT2D eigenvalue weighted by Gasteiger charge is 2.30. The number of aromatic nitrogens is 3. The lowest BCUT2D eigenvalue weighted by atomic mass is 10.3. The summed E-state index contributed by atoms with van der Waals surface area (Å²) in [7, 11) is -3.10. The fourth-order valence-electron chi connectivity index (χ4n) is 1.70. The number of nitrogen functional groups attached to an aromatic ring is 1. The first-order valence-corrected chi connectivity index (χ1v) is 6.44. The third-order valence-corrected chi connectivity index (χ3v) is 3.77. The standard InChI is InChI=1S/C7H13N5O2S/c1-15(13,14)11-3-2-6(4-11)12-5-7(8)9-10-12/h5-6H,2-4,8H2,1H3. The maximum atomic E-state index is 11.3. The number of rotatable bonds is 2. The van der Waals surface area contributed by atoms with Gasteiger partial charge >= 0.3 is 0 Å². The van der Waals surface area contributed by atoms with Crippen molar-refractivity contribution in [1.82, 2.24) is 19.3 Å². The van der Waals surface area contributed by atoms with E-state index >= 15 is 0 Å². The Morgan fingerprint density at radius 2 is 2.33 bits per heavy atom. The molecular formula is C7H13N5O2S. The van der Waals surface area contributed by atoms with Crippen LogP contribution in [0.1, 0.15) is 12.5 Å². The van der Waals surface area contributed by atoms with Gasteiger partial charge in [-0.25, -0.2) is 13.1 Å². The average molecular weight is 231 g/mol. The Hall–Kier alpha value is -1.15. The first-order chi connectivity index (χ1) is 6.97. The zero-order valence-corrected chi connectivity index (χ0v) is 9.18. The van der Waals surface area contributed by atoms with Crippen molar-refractivity contribution in [2.24, 2.45) is 0 Å². The highest BCUT2D eigenvalue weighted by Crippen LogP contribution is 2.22. The molecule has 0 aliphatic carbocycles. The van der Waals surface area contributed by atoms with Gasteiger partial charge in [0, 0.05) is 13.1 Å². The minimum Gasteiger partial charge on any atom is -0.381 e. The molecule has 8 heteroatoms. The summed E-state index contributed by atoms with van der Waals surface area (Å²) in [5.74, 6) is 0.354. The first-order valence-electron chi connectivity index (χ1n) is 4.59. The molecule has 2 N–H and O–H groups in total. The van der Waals surface area contributed by atoms with E-state index in [1.165, 1.54) is 10.6 Å². The van der Waals surface area contributed by atoms with Crippen LogP contribution in [-0.2, 0) is 10.0 Å². The van der Waals surface area contributed by atoms with Crippen molar-refractivity contribution < 1.29 is 8.42 Å². The van der Waals surface area contributed by atoms with E-state index in [9.17, 15) is 8.42 Å². The van der Waals surface area contributed by atoms with Gasteiger partial charge in [0.05, 0.1) is 18.5 Å². The van der Waals surface area contributed by atoms with E-state index in [0.29, 0.717) is 18.9 Å². The van der Waals surface area contributed by atoms with Crippen molar-refractivity contribution in [2.75, 3.05) is 25.1 Å². The number of sulfonamides is 1. The third kappa shape index (κ3) is 2.10. The molecule has 1 aliphatic rings. The zero-order valence-electron chi connectivity index (χ0n) is 8.37. The summed E-state index contributed by atoms with van der Waals surface area (Å²) in [6.45, 7) is 0.977. The minimum absolute atomic E-state index is 0.0459. The maximum absolute atomic E-state index is 11.3. The lowest BCUT2D eigenvalue weighted by Gasteiger charge is -2.12. The molecule has 0 radical (unpaired) electrons. The minimum atomic E-state index is -3.10. The van der Waals surface area contributed by atoms with Crippen molar-refractivity contribution in [1.29, 1.82) is 0 Å². The van der Waals surface area contributed by atoms with E-state index in [0.717, 1.165) is 6.42 Å². The second-order valence-electron chi connectivity index (χ2n) is 3.69. The molecule has 2 rings (SSSR count). The largest absolute Gasteiger partial charge is 0.381 e.